The van der Waals surface area contributed by atoms with Gasteiger partial charge in [0.1, 0.15) is 18.1 Å². The van der Waals surface area contributed by atoms with Gasteiger partial charge in [-0.1, -0.05) is 0 Å². The highest BCUT2D eigenvalue weighted by Gasteiger charge is 2.29. The number of carbonyl (C=O) groups excluding carboxylic acids is 3. The third kappa shape index (κ3) is 9.55. The highest BCUT2D eigenvalue weighted by molar-refractivity contribution is 7.98. The zero-order chi connectivity index (χ0) is 21.0. The van der Waals surface area contributed by atoms with E-state index in [0.29, 0.717) is 12.2 Å². The summed E-state index contributed by atoms with van der Waals surface area (Å²) in [5, 5.41) is 24.9. The third-order valence-electron chi connectivity index (χ3n) is 3.39. The van der Waals surface area contributed by atoms with Crippen molar-refractivity contribution in [3.05, 3.63) is 0 Å². The molecule has 156 valence electrons. The Morgan fingerprint density at radius 1 is 0.963 bits per heavy atom. The topological polar surface area (TPSA) is 171 Å². The van der Waals surface area contributed by atoms with Crippen molar-refractivity contribution in [1.82, 2.24) is 16.0 Å². The number of nitrogens with one attached hydrogen (secondary N) is 3. The van der Waals surface area contributed by atoms with Gasteiger partial charge in [0, 0.05) is 11.5 Å². The van der Waals surface area contributed by atoms with Crippen molar-refractivity contribution in [2.75, 3.05) is 30.1 Å². The first-order chi connectivity index (χ1) is 12.7. The first-order valence-electron chi connectivity index (χ1n) is 7.92. The number of aliphatic carboxylic acids is 1. The summed E-state index contributed by atoms with van der Waals surface area (Å²) >= 11 is 9.38. The average molecular weight is 443 g/mol. The lowest BCUT2D eigenvalue weighted by Crippen LogP contribution is -2.58. The van der Waals surface area contributed by atoms with Crippen LogP contribution in [0, 0.1) is 0 Å². The van der Waals surface area contributed by atoms with Gasteiger partial charge >= 0.3 is 5.97 Å². The second-order valence-corrected chi connectivity index (χ2v) is 7.17. The van der Waals surface area contributed by atoms with Crippen molar-refractivity contribution in [2.24, 2.45) is 5.73 Å². The maximum Gasteiger partial charge on any atom is 0.328 e. The maximum absolute atomic E-state index is 12.5. The van der Waals surface area contributed by atoms with E-state index in [4.69, 9.17) is 15.9 Å². The van der Waals surface area contributed by atoms with Crippen LogP contribution in [0.4, 0.5) is 0 Å². The van der Waals surface area contributed by atoms with E-state index in [1.165, 1.54) is 11.8 Å². The molecule has 10 nitrogen and oxygen atoms in total. The minimum absolute atomic E-state index is 0.0993. The predicted octanol–water partition coefficient (Wildman–Crippen LogP) is -2.54. The van der Waals surface area contributed by atoms with Crippen LogP contribution in [-0.4, -0.2) is 88.2 Å². The molecule has 13 heteroatoms. The number of hydrogen-bond acceptors (Lipinski definition) is 9. The van der Waals surface area contributed by atoms with E-state index in [1.807, 2.05) is 6.26 Å². The second-order valence-electron chi connectivity index (χ2n) is 5.46. The summed E-state index contributed by atoms with van der Waals surface area (Å²) in [6.07, 6.45) is 2.13. The summed E-state index contributed by atoms with van der Waals surface area (Å²) < 4.78 is 0. The summed E-state index contributed by atoms with van der Waals surface area (Å²) in [4.78, 5) is 47.4. The lowest BCUT2D eigenvalue weighted by Gasteiger charge is -2.24. The average Bonchev–Trinajstić information content (AvgIpc) is 2.65. The number of aliphatic hydroxyl groups is 1. The molecular weight excluding hydrogens is 416 g/mol. The van der Waals surface area contributed by atoms with Crippen molar-refractivity contribution in [3.63, 3.8) is 0 Å². The largest absolute Gasteiger partial charge is 0.480 e. The van der Waals surface area contributed by atoms with Gasteiger partial charge in [-0.2, -0.15) is 37.0 Å². The lowest BCUT2D eigenvalue weighted by atomic mass is 10.1. The molecule has 7 N–H and O–H groups in total. The van der Waals surface area contributed by atoms with Crippen molar-refractivity contribution < 1.29 is 29.4 Å². The molecule has 27 heavy (non-hydrogen) atoms. The molecule has 0 rings (SSSR count). The number of rotatable bonds is 13. The minimum Gasteiger partial charge on any atom is -0.480 e. The smallest absolute Gasteiger partial charge is 0.328 e. The fourth-order valence-corrected chi connectivity index (χ4v) is 2.68. The van der Waals surface area contributed by atoms with E-state index < -0.39 is 54.5 Å². The van der Waals surface area contributed by atoms with Gasteiger partial charge in [-0.3, -0.25) is 14.4 Å². The molecule has 0 spiro atoms. The van der Waals surface area contributed by atoms with Gasteiger partial charge in [-0.15, -0.1) is 0 Å². The quantitative estimate of drug-likeness (QED) is 0.144. The number of aliphatic hydroxyl groups excluding tert-OH is 1. The molecule has 0 aliphatic heterocycles. The van der Waals surface area contributed by atoms with Crippen LogP contribution in [0.3, 0.4) is 0 Å². The highest BCUT2D eigenvalue weighted by Crippen LogP contribution is 2.03. The molecule has 0 saturated carbocycles. The molecule has 4 unspecified atom stereocenters. The number of nitrogens with two attached hydrogens (primary N) is 1. The van der Waals surface area contributed by atoms with Gasteiger partial charge in [0.15, 0.2) is 0 Å². The first kappa shape index (κ1) is 25.9. The zero-order valence-electron chi connectivity index (χ0n) is 14.8. The Kier molecular flexibility index (Phi) is 13.3. The lowest BCUT2D eigenvalue weighted by molar-refractivity contribution is -0.143. The molecule has 0 aromatic carbocycles. The molecule has 0 aromatic heterocycles. The van der Waals surface area contributed by atoms with Crippen molar-refractivity contribution >= 4 is 60.7 Å². The van der Waals surface area contributed by atoms with E-state index in [2.05, 4.69) is 41.2 Å². The molecule has 0 aliphatic rings. The molecule has 0 fully saturated rings. The molecule has 0 radical (unpaired) electrons. The number of thiol groups is 2. The minimum atomic E-state index is -1.50. The Balaban J connectivity index is 5.04. The fraction of sp³-hybridized carbons (Fsp3) is 0.714. The molecule has 0 heterocycles. The third-order valence-corrected chi connectivity index (χ3v) is 4.79. The summed E-state index contributed by atoms with van der Waals surface area (Å²) in [6.45, 7) is -0.803. The zero-order valence-corrected chi connectivity index (χ0v) is 17.4. The van der Waals surface area contributed by atoms with E-state index in [1.54, 1.807) is 0 Å². The standard InChI is InChI=1S/C14H26N4O6S3/c1-27-3-2-8(16-11(20)7(15)5-25)12(21)18-10(6-26)13(22)17-9(4-19)14(23)24/h7-10,19,25-26H,2-6,15H2,1H3,(H,16,20)(H,17,22)(H,18,21)(H,23,24). The van der Waals surface area contributed by atoms with Crippen LogP contribution in [0.5, 0.6) is 0 Å². The second kappa shape index (κ2) is 13.9. The van der Waals surface area contributed by atoms with Crippen LogP contribution < -0.4 is 21.7 Å². The Labute approximate surface area is 172 Å². The van der Waals surface area contributed by atoms with E-state index >= 15 is 0 Å². The van der Waals surface area contributed by atoms with Crippen LogP contribution in [0.1, 0.15) is 6.42 Å². The molecule has 0 bridgehead atoms. The Morgan fingerprint density at radius 3 is 1.93 bits per heavy atom. The molecule has 0 aromatic rings. The van der Waals surface area contributed by atoms with E-state index in [9.17, 15) is 19.2 Å². The Morgan fingerprint density at radius 2 is 1.48 bits per heavy atom. The van der Waals surface area contributed by atoms with Crippen LogP contribution in [0.15, 0.2) is 0 Å². The number of hydrogen-bond donors (Lipinski definition) is 8. The molecule has 0 aliphatic carbocycles. The molecule has 4 atom stereocenters. The van der Waals surface area contributed by atoms with Crippen LogP contribution in [-0.2, 0) is 19.2 Å². The van der Waals surface area contributed by atoms with E-state index in [0.717, 1.165) is 0 Å². The number of amides is 3. The molecule has 3 amide bonds. The van der Waals surface area contributed by atoms with Gasteiger partial charge < -0.3 is 31.9 Å². The predicted molar refractivity (Wildman–Crippen MR) is 109 cm³/mol. The van der Waals surface area contributed by atoms with Gasteiger partial charge in [0.2, 0.25) is 17.7 Å². The van der Waals surface area contributed by atoms with Crippen LogP contribution >= 0.6 is 37.0 Å². The van der Waals surface area contributed by atoms with Crippen LogP contribution in [0.2, 0.25) is 0 Å². The monoisotopic (exact) mass is 442 g/mol. The summed E-state index contributed by atoms with van der Waals surface area (Å²) in [7, 11) is 0. The Hall–Kier alpha value is -1.15. The van der Waals surface area contributed by atoms with Gasteiger partial charge in [-0.25, -0.2) is 4.79 Å². The number of carboxylic acid groups (broad SMARTS) is 1. The molecule has 0 saturated heterocycles. The van der Waals surface area contributed by atoms with Gasteiger partial charge in [0.05, 0.1) is 12.6 Å². The van der Waals surface area contributed by atoms with Gasteiger partial charge in [0.25, 0.3) is 0 Å². The fourth-order valence-electron chi connectivity index (χ4n) is 1.79. The Bertz CT molecular complexity index is 525. The van der Waals surface area contributed by atoms with Crippen LogP contribution in [0.25, 0.3) is 0 Å². The first-order valence-corrected chi connectivity index (χ1v) is 10.6. The van der Waals surface area contributed by atoms with Gasteiger partial charge in [-0.05, 0) is 18.4 Å². The van der Waals surface area contributed by atoms with Crippen molar-refractivity contribution in [3.8, 4) is 0 Å². The number of carbonyl (C=O) groups is 4. The summed E-state index contributed by atoms with van der Waals surface area (Å²) in [5.41, 5.74) is 5.59. The molecular formula is C14H26N4O6S3. The summed E-state index contributed by atoms with van der Waals surface area (Å²) in [5.74, 6) is -2.87. The number of thioether (sulfide) groups is 1. The van der Waals surface area contributed by atoms with Crippen molar-refractivity contribution in [2.45, 2.75) is 30.6 Å². The van der Waals surface area contributed by atoms with Crippen molar-refractivity contribution in [1.29, 1.82) is 0 Å². The van der Waals surface area contributed by atoms with E-state index in [-0.39, 0.29) is 11.5 Å². The number of carboxylic acids is 1. The normalized spacial score (nSPS) is 15.1. The highest BCUT2D eigenvalue weighted by atomic mass is 32.2. The maximum atomic E-state index is 12.5. The summed E-state index contributed by atoms with van der Waals surface area (Å²) in [6, 6.07) is -4.47. The SMILES string of the molecule is CSCCC(NC(=O)C(N)CS)C(=O)NC(CS)C(=O)NC(CO)C(=O)O.